The van der Waals surface area contributed by atoms with Crippen LogP contribution in [0.15, 0.2) is 36.7 Å². The van der Waals surface area contributed by atoms with Gasteiger partial charge in [0, 0.05) is 34.8 Å². The Morgan fingerprint density at radius 1 is 1.10 bits per heavy atom. The molecule has 0 aliphatic heterocycles. The number of benzene rings is 1. The van der Waals surface area contributed by atoms with Crippen LogP contribution in [0.2, 0.25) is 5.15 Å². The van der Waals surface area contributed by atoms with Gasteiger partial charge in [-0.1, -0.05) is 35.9 Å². The molecule has 1 fully saturated rings. The third kappa shape index (κ3) is 2.18. The van der Waals surface area contributed by atoms with Crippen molar-refractivity contribution in [2.24, 2.45) is 0 Å². The van der Waals surface area contributed by atoms with E-state index in [1.165, 1.54) is 0 Å². The topological polar surface area (TPSA) is 38.7 Å². The third-order valence-corrected chi connectivity index (χ3v) is 4.34. The fourth-order valence-corrected chi connectivity index (χ4v) is 2.77. The van der Waals surface area contributed by atoms with Crippen LogP contribution >= 0.6 is 11.6 Å². The average molecular weight is 296 g/mol. The number of rotatable bonds is 2. The second-order valence-electron chi connectivity index (χ2n) is 5.53. The second kappa shape index (κ2) is 4.78. The van der Waals surface area contributed by atoms with E-state index >= 15 is 0 Å². The van der Waals surface area contributed by atoms with Gasteiger partial charge in [-0.25, -0.2) is 9.97 Å². The standard InChI is InChI=1S/C17H14ClN3/c1-10-15(20-17(11-6-7-11)21-16(10)18)14-9-19-8-12-4-2-3-5-13(12)14/h2-5,8-9,11H,6-7H2,1H3. The molecule has 0 amide bonds. The molecule has 4 rings (SSSR count). The van der Waals surface area contributed by atoms with Crippen LogP contribution < -0.4 is 0 Å². The van der Waals surface area contributed by atoms with Crippen LogP contribution in [0.5, 0.6) is 0 Å². The van der Waals surface area contributed by atoms with Gasteiger partial charge < -0.3 is 0 Å². The Morgan fingerprint density at radius 2 is 1.90 bits per heavy atom. The summed E-state index contributed by atoms with van der Waals surface area (Å²) in [6, 6.07) is 8.21. The molecule has 0 atom stereocenters. The fourth-order valence-electron chi connectivity index (χ4n) is 2.60. The molecule has 0 spiro atoms. The van der Waals surface area contributed by atoms with E-state index in [9.17, 15) is 0 Å². The van der Waals surface area contributed by atoms with Crippen LogP contribution in [-0.2, 0) is 0 Å². The van der Waals surface area contributed by atoms with Crippen LogP contribution in [0.3, 0.4) is 0 Å². The quantitative estimate of drug-likeness (QED) is 0.652. The summed E-state index contributed by atoms with van der Waals surface area (Å²) in [6.45, 7) is 1.97. The van der Waals surface area contributed by atoms with E-state index in [-0.39, 0.29) is 0 Å². The largest absolute Gasteiger partial charge is 0.263 e. The molecule has 3 aromatic rings. The predicted octanol–water partition coefficient (Wildman–Crippen LogP) is 4.53. The summed E-state index contributed by atoms with van der Waals surface area (Å²) < 4.78 is 0. The lowest BCUT2D eigenvalue weighted by molar-refractivity contribution is 0.922. The molecule has 21 heavy (non-hydrogen) atoms. The van der Waals surface area contributed by atoms with Gasteiger partial charge in [-0.3, -0.25) is 4.98 Å². The Bertz CT molecular complexity index is 835. The van der Waals surface area contributed by atoms with E-state index < -0.39 is 0 Å². The number of pyridine rings is 1. The molecule has 3 nitrogen and oxygen atoms in total. The van der Waals surface area contributed by atoms with Gasteiger partial charge >= 0.3 is 0 Å². The van der Waals surface area contributed by atoms with Crippen LogP contribution in [0.25, 0.3) is 22.0 Å². The Morgan fingerprint density at radius 3 is 2.71 bits per heavy atom. The molecule has 1 aromatic carbocycles. The second-order valence-corrected chi connectivity index (χ2v) is 5.89. The molecule has 0 unspecified atom stereocenters. The van der Waals surface area contributed by atoms with Crippen molar-refractivity contribution in [2.75, 3.05) is 0 Å². The summed E-state index contributed by atoms with van der Waals surface area (Å²) in [5.74, 6) is 1.35. The highest BCUT2D eigenvalue weighted by molar-refractivity contribution is 6.30. The zero-order valence-corrected chi connectivity index (χ0v) is 12.4. The molecular weight excluding hydrogens is 282 g/mol. The first kappa shape index (κ1) is 12.7. The number of fused-ring (bicyclic) bond motifs is 1. The van der Waals surface area contributed by atoms with Crippen LogP contribution in [0, 0.1) is 6.92 Å². The molecular formula is C17H14ClN3. The summed E-state index contributed by atoms with van der Waals surface area (Å²) in [4.78, 5) is 13.6. The van der Waals surface area contributed by atoms with Crippen LogP contribution in [0.4, 0.5) is 0 Å². The summed E-state index contributed by atoms with van der Waals surface area (Å²) in [5.41, 5.74) is 2.84. The van der Waals surface area contributed by atoms with Crippen LogP contribution in [0.1, 0.15) is 30.1 Å². The van der Waals surface area contributed by atoms with E-state index in [2.05, 4.69) is 22.1 Å². The van der Waals surface area contributed by atoms with Gasteiger partial charge in [-0.2, -0.15) is 0 Å². The van der Waals surface area contributed by atoms with Gasteiger partial charge in [0.05, 0.1) is 5.69 Å². The molecule has 2 heterocycles. The number of aromatic nitrogens is 3. The summed E-state index contributed by atoms with van der Waals surface area (Å²) in [7, 11) is 0. The first-order chi connectivity index (χ1) is 10.2. The first-order valence-corrected chi connectivity index (χ1v) is 7.49. The van der Waals surface area contributed by atoms with E-state index in [4.69, 9.17) is 16.6 Å². The van der Waals surface area contributed by atoms with Crippen molar-refractivity contribution < 1.29 is 0 Å². The molecule has 1 aliphatic rings. The minimum Gasteiger partial charge on any atom is -0.263 e. The summed E-state index contributed by atoms with van der Waals surface area (Å²) in [5, 5.41) is 2.80. The lowest BCUT2D eigenvalue weighted by atomic mass is 10.0. The van der Waals surface area contributed by atoms with Crippen molar-refractivity contribution in [1.82, 2.24) is 15.0 Å². The molecule has 0 saturated heterocycles. The maximum absolute atomic E-state index is 6.32. The monoisotopic (exact) mass is 295 g/mol. The Hall–Kier alpha value is -2.00. The molecule has 1 aliphatic carbocycles. The highest BCUT2D eigenvalue weighted by Gasteiger charge is 2.28. The number of hydrogen-bond donors (Lipinski definition) is 0. The van der Waals surface area contributed by atoms with Crippen molar-refractivity contribution in [3.63, 3.8) is 0 Å². The van der Waals surface area contributed by atoms with Crippen molar-refractivity contribution >= 4 is 22.4 Å². The highest BCUT2D eigenvalue weighted by Crippen LogP contribution is 2.40. The van der Waals surface area contributed by atoms with E-state index in [1.54, 1.807) is 0 Å². The Labute approximate surface area is 128 Å². The maximum Gasteiger partial charge on any atom is 0.136 e. The Kier molecular flexibility index (Phi) is 2.89. The fraction of sp³-hybridized carbons (Fsp3) is 0.235. The lowest BCUT2D eigenvalue weighted by Crippen LogP contribution is -2.00. The first-order valence-electron chi connectivity index (χ1n) is 7.11. The summed E-state index contributed by atoms with van der Waals surface area (Å²) in [6.07, 6.45) is 6.06. The van der Waals surface area contributed by atoms with Gasteiger partial charge in [0.2, 0.25) is 0 Å². The smallest absolute Gasteiger partial charge is 0.136 e. The van der Waals surface area contributed by atoms with E-state index in [0.717, 1.165) is 46.3 Å². The van der Waals surface area contributed by atoms with Gasteiger partial charge in [0.25, 0.3) is 0 Å². The number of nitrogens with zero attached hydrogens (tertiary/aromatic N) is 3. The van der Waals surface area contributed by atoms with Crippen molar-refractivity contribution in [3.05, 3.63) is 53.2 Å². The third-order valence-electron chi connectivity index (χ3n) is 3.97. The Balaban J connectivity index is 2.00. The number of halogens is 1. The van der Waals surface area contributed by atoms with E-state index in [1.807, 2.05) is 31.5 Å². The molecule has 0 N–H and O–H groups in total. The van der Waals surface area contributed by atoms with Crippen molar-refractivity contribution in [1.29, 1.82) is 0 Å². The van der Waals surface area contributed by atoms with Gasteiger partial charge in [-0.15, -0.1) is 0 Å². The van der Waals surface area contributed by atoms with Crippen molar-refractivity contribution in [2.45, 2.75) is 25.7 Å². The molecule has 0 radical (unpaired) electrons. The zero-order valence-electron chi connectivity index (χ0n) is 11.7. The molecule has 2 aromatic heterocycles. The van der Waals surface area contributed by atoms with Crippen molar-refractivity contribution in [3.8, 4) is 11.3 Å². The predicted molar refractivity (Wildman–Crippen MR) is 84.5 cm³/mol. The average Bonchev–Trinajstić information content (AvgIpc) is 3.34. The van der Waals surface area contributed by atoms with E-state index in [0.29, 0.717) is 11.1 Å². The van der Waals surface area contributed by atoms with Gasteiger partial charge in [0.15, 0.2) is 0 Å². The lowest BCUT2D eigenvalue weighted by Gasteiger charge is -2.11. The molecule has 104 valence electrons. The molecule has 1 saturated carbocycles. The zero-order chi connectivity index (χ0) is 14.4. The number of hydrogen-bond acceptors (Lipinski definition) is 3. The normalized spacial score (nSPS) is 14.6. The van der Waals surface area contributed by atoms with Crippen LogP contribution in [-0.4, -0.2) is 15.0 Å². The minimum atomic E-state index is 0.477. The van der Waals surface area contributed by atoms with Gasteiger partial charge in [-0.05, 0) is 25.2 Å². The maximum atomic E-state index is 6.32. The summed E-state index contributed by atoms with van der Waals surface area (Å²) >= 11 is 6.32. The SMILES string of the molecule is Cc1c(Cl)nc(C2CC2)nc1-c1cncc2ccccc12. The highest BCUT2D eigenvalue weighted by atomic mass is 35.5. The molecule has 4 heteroatoms. The molecule has 0 bridgehead atoms. The van der Waals surface area contributed by atoms with Gasteiger partial charge in [0.1, 0.15) is 11.0 Å². The minimum absolute atomic E-state index is 0.477.